The van der Waals surface area contributed by atoms with E-state index in [0.29, 0.717) is 12.6 Å². The van der Waals surface area contributed by atoms with Crippen molar-refractivity contribution in [2.75, 3.05) is 13.6 Å². The molecule has 0 heterocycles. The average Bonchev–Trinajstić information content (AvgIpc) is 3.24. The second-order valence-electron chi connectivity index (χ2n) is 5.75. The van der Waals surface area contributed by atoms with E-state index in [-0.39, 0.29) is 5.82 Å². The van der Waals surface area contributed by atoms with Gasteiger partial charge in [-0.05, 0) is 50.9 Å². The summed E-state index contributed by atoms with van der Waals surface area (Å²) in [6.07, 6.45) is 6.57. The van der Waals surface area contributed by atoms with Crippen molar-refractivity contribution in [2.45, 2.75) is 44.8 Å². The van der Waals surface area contributed by atoms with Crippen LogP contribution in [0.5, 0.6) is 0 Å². The lowest BCUT2D eigenvalue weighted by atomic mass is 10.1. The molecule has 0 bridgehead atoms. The van der Waals surface area contributed by atoms with Gasteiger partial charge in [0.1, 0.15) is 5.82 Å². The highest BCUT2D eigenvalue weighted by molar-refractivity contribution is 5.25. The number of allylic oxidation sites excluding steroid dienone is 1. The van der Waals surface area contributed by atoms with Crippen molar-refractivity contribution in [1.82, 2.24) is 10.2 Å². The number of unbranched alkanes of at least 4 members (excludes halogenated alkanes) is 1. The highest BCUT2D eigenvalue weighted by Gasteiger charge is 2.20. The first-order chi connectivity index (χ1) is 9.69. The standard InChI is InChI=1S/C17H25FN2/c1-3-4-5-10-20(2)13-15-11-14(6-9-17(15)18)12-19-16-7-8-16/h3,6,9,11,16,19H,1,4-5,7-8,10,12-13H2,2H3. The fraction of sp³-hybridized carbons (Fsp3) is 0.529. The summed E-state index contributed by atoms with van der Waals surface area (Å²) < 4.78 is 13.9. The fourth-order valence-electron chi connectivity index (χ4n) is 2.28. The summed E-state index contributed by atoms with van der Waals surface area (Å²) in [5, 5.41) is 3.47. The highest BCUT2D eigenvalue weighted by atomic mass is 19.1. The molecule has 0 amide bonds. The van der Waals surface area contributed by atoms with Crippen molar-refractivity contribution >= 4 is 0 Å². The number of nitrogens with one attached hydrogen (secondary N) is 1. The first-order valence-corrected chi connectivity index (χ1v) is 7.49. The second kappa shape index (κ2) is 7.55. The van der Waals surface area contributed by atoms with Crippen LogP contribution < -0.4 is 5.32 Å². The Morgan fingerprint density at radius 2 is 2.25 bits per heavy atom. The van der Waals surface area contributed by atoms with Crippen LogP contribution >= 0.6 is 0 Å². The minimum atomic E-state index is -0.101. The summed E-state index contributed by atoms with van der Waals surface area (Å²) in [5.74, 6) is -0.101. The molecule has 1 aromatic carbocycles. The van der Waals surface area contributed by atoms with Gasteiger partial charge < -0.3 is 10.2 Å². The minimum absolute atomic E-state index is 0.101. The maximum Gasteiger partial charge on any atom is 0.127 e. The van der Waals surface area contributed by atoms with Crippen molar-refractivity contribution in [3.8, 4) is 0 Å². The van der Waals surface area contributed by atoms with Crippen molar-refractivity contribution < 1.29 is 4.39 Å². The van der Waals surface area contributed by atoms with Crippen LogP contribution in [0.25, 0.3) is 0 Å². The molecule has 2 nitrogen and oxygen atoms in total. The first-order valence-electron chi connectivity index (χ1n) is 7.49. The molecule has 1 aliphatic carbocycles. The zero-order chi connectivity index (χ0) is 14.4. The van der Waals surface area contributed by atoms with E-state index in [0.717, 1.165) is 31.5 Å². The molecule has 1 saturated carbocycles. The number of halogens is 1. The molecular formula is C17H25FN2. The van der Waals surface area contributed by atoms with Crippen LogP contribution in [-0.2, 0) is 13.1 Å². The molecule has 0 atom stereocenters. The van der Waals surface area contributed by atoms with Crippen molar-refractivity contribution in [1.29, 1.82) is 0 Å². The lowest BCUT2D eigenvalue weighted by Crippen LogP contribution is -2.20. The van der Waals surface area contributed by atoms with Gasteiger partial charge in [-0.2, -0.15) is 0 Å². The van der Waals surface area contributed by atoms with Gasteiger partial charge in [0, 0.05) is 24.7 Å². The Morgan fingerprint density at radius 3 is 2.95 bits per heavy atom. The van der Waals surface area contributed by atoms with E-state index >= 15 is 0 Å². The van der Waals surface area contributed by atoms with E-state index in [4.69, 9.17) is 0 Å². The Hall–Kier alpha value is -1.19. The molecule has 0 radical (unpaired) electrons. The van der Waals surface area contributed by atoms with Crippen LogP contribution in [0.2, 0.25) is 0 Å². The Morgan fingerprint density at radius 1 is 1.45 bits per heavy atom. The van der Waals surface area contributed by atoms with Crippen LogP contribution in [-0.4, -0.2) is 24.5 Å². The quantitative estimate of drug-likeness (QED) is 0.549. The SMILES string of the molecule is C=CCCCN(C)Cc1cc(CNC2CC2)ccc1F. The Kier molecular flexibility index (Phi) is 5.74. The van der Waals surface area contributed by atoms with Crippen LogP contribution in [0.1, 0.15) is 36.8 Å². The first kappa shape index (κ1) is 15.2. The second-order valence-corrected chi connectivity index (χ2v) is 5.75. The van der Waals surface area contributed by atoms with Gasteiger partial charge in [-0.3, -0.25) is 0 Å². The van der Waals surface area contributed by atoms with Gasteiger partial charge in [-0.1, -0.05) is 18.2 Å². The molecule has 0 saturated heterocycles. The van der Waals surface area contributed by atoms with E-state index in [1.165, 1.54) is 18.4 Å². The number of benzene rings is 1. The maximum absolute atomic E-state index is 13.9. The summed E-state index contributed by atoms with van der Waals surface area (Å²) >= 11 is 0. The topological polar surface area (TPSA) is 15.3 Å². The van der Waals surface area contributed by atoms with Gasteiger partial charge in [0.25, 0.3) is 0 Å². The van der Waals surface area contributed by atoms with Crippen molar-refractivity contribution in [2.24, 2.45) is 0 Å². The molecule has 1 aromatic rings. The lowest BCUT2D eigenvalue weighted by Gasteiger charge is -2.17. The minimum Gasteiger partial charge on any atom is -0.310 e. The van der Waals surface area contributed by atoms with E-state index in [2.05, 4.69) is 16.8 Å². The van der Waals surface area contributed by atoms with Gasteiger partial charge >= 0.3 is 0 Å². The summed E-state index contributed by atoms with van der Waals surface area (Å²) in [6.45, 7) is 6.20. The molecule has 0 unspecified atom stereocenters. The molecular weight excluding hydrogens is 251 g/mol. The summed E-state index contributed by atoms with van der Waals surface area (Å²) in [5.41, 5.74) is 1.97. The summed E-state index contributed by atoms with van der Waals surface area (Å²) in [4.78, 5) is 2.17. The maximum atomic E-state index is 13.9. The number of rotatable bonds is 9. The Labute approximate surface area is 121 Å². The van der Waals surface area contributed by atoms with Gasteiger partial charge in [0.05, 0.1) is 0 Å². The van der Waals surface area contributed by atoms with Crippen LogP contribution in [0.4, 0.5) is 4.39 Å². The van der Waals surface area contributed by atoms with Crippen LogP contribution in [0.15, 0.2) is 30.9 Å². The lowest BCUT2D eigenvalue weighted by molar-refractivity contribution is 0.317. The monoisotopic (exact) mass is 276 g/mol. The van der Waals surface area contributed by atoms with Gasteiger partial charge in [-0.25, -0.2) is 4.39 Å². The third-order valence-corrected chi connectivity index (χ3v) is 3.67. The van der Waals surface area contributed by atoms with Gasteiger partial charge in [-0.15, -0.1) is 6.58 Å². The molecule has 0 aromatic heterocycles. The molecule has 3 heteroatoms. The predicted molar refractivity (Wildman–Crippen MR) is 82.0 cm³/mol. The third kappa shape index (κ3) is 5.06. The highest BCUT2D eigenvalue weighted by Crippen LogP contribution is 2.20. The van der Waals surface area contributed by atoms with E-state index < -0.39 is 0 Å². The number of nitrogens with zero attached hydrogens (tertiary/aromatic N) is 1. The van der Waals surface area contributed by atoms with Crippen LogP contribution in [0, 0.1) is 5.82 Å². The largest absolute Gasteiger partial charge is 0.310 e. The predicted octanol–water partition coefficient (Wildman–Crippen LogP) is 3.48. The number of hydrogen-bond acceptors (Lipinski definition) is 2. The van der Waals surface area contributed by atoms with E-state index in [1.54, 1.807) is 6.07 Å². The molecule has 110 valence electrons. The fourth-order valence-corrected chi connectivity index (χ4v) is 2.28. The van der Waals surface area contributed by atoms with E-state index in [9.17, 15) is 4.39 Å². The van der Waals surface area contributed by atoms with Crippen LogP contribution in [0.3, 0.4) is 0 Å². The molecule has 2 rings (SSSR count). The smallest absolute Gasteiger partial charge is 0.127 e. The average molecular weight is 276 g/mol. The number of hydrogen-bond donors (Lipinski definition) is 1. The van der Waals surface area contributed by atoms with Gasteiger partial charge in [0.2, 0.25) is 0 Å². The van der Waals surface area contributed by atoms with E-state index in [1.807, 2.05) is 25.3 Å². The molecule has 1 aliphatic rings. The Balaban J connectivity index is 1.87. The molecule has 0 aliphatic heterocycles. The normalized spacial score (nSPS) is 14.8. The summed E-state index contributed by atoms with van der Waals surface area (Å²) in [7, 11) is 2.04. The zero-order valence-electron chi connectivity index (χ0n) is 12.4. The molecule has 1 N–H and O–H groups in total. The Bertz CT molecular complexity index is 441. The molecule has 1 fully saturated rings. The van der Waals surface area contributed by atoms with Crippen molar-refractivity contribution in [3.05, 3.63) is 47.8 Å². The summed E-state index contributed by atoms with van der Waals surface area (Å²) in [6, 6.07) is 6.15. The molecule has 0 spiro atoms. The molecule has 20 heavy (non-hydrogen) atoms. The third-order valence-electron chi connectivity index (χ3n) is 3.67. The van der Waals surface area contributed by atoms with Gasteiger partial charge in [0.15, 0.2) is 0 Å². The van der Waals surface area contributed by atoms with Crippen molar-refractivity contribution in [3.63, 3.8) is 0 Å². The zero-order valence-corrected chi connectivity index (χ0v) is 12.4.